The summed E-state index contributed by atoms with van der Waals surface area (Å²) < 4.78 is 0. The van der Waals surface area contributed by atoms with Gasteiger partial charge < -0.3 is 10.2 Å². The van der Waals surface area contributed by atoms with Crippen LogP contribution in [0.2, 0.25) is 5.02 Å². The average Bonchev–Trinajstić information content (AvgIpc) is 2.51. The van der Waals surface area contributed by atoms with Gasteiger partial charge in [0.25, 0.3) is 0 Å². The smallest absolute Gasteiger partial charge is 0.250 e. The summed E-state index contributed by atoms with van der Waals surface area (Å²) in [5.74, 6) is 0.145. The maximum Gasteiger partial charge on any atom is 0.250 e. The number of nitrogens with one attached hydrogen (secondary N) is 1. The first-order chi connectivity index (χ1) is 11.1. The fraction of sp³-hybridized carbons (Fsp3) is 0.125. The number of amides is 1. The predicted molar refractivity (Wildman–Crippen MR) is 93.1 cm³/mol. The van der Waals surface area contributed by atoms with Crippen LogP contribution in [-0.4, -0.2) is 28.1 Å². The molecule has 0 bridgehead atoms. The van der Waals surface area contributed by atoms with Gasteiger partial charge in [-0.1, -0.05) is 29.8 Å². The van der Waals surface area contributed by atoms with Crippen LogP contribution < -0.4 is 5.43 Å². The number of para-hydroxylation sites is 1. The molecule has 0 heterocycles. The van der Waals surface area contributed by atoms with E-state index in [0.29, 0.717) is 16.3 Å². The first kappa shape index (κ1) is 17.2. The van der Waals surface area contributed by atoms with Crippen molar-refractivity contribution < 1.29 is 15.0 Å². The lowest BCUT2D eigenvalue weighted by molar-refractivity contribution is -0.118. The molecule has 2 aromatic carbocycles. The molecular weight excluding hydrogens is 336 g/mol. The van der Waals surface area contributed by atoms with Gasteiger partial charge in [-0.3, -0.25) is 4.79 Å². The van der Waals surface area contributed by atoms with Gasteiger partial charge >= 0.3 is 0 Å². The quantitative estimate of drug-likeness (QED) is 0.424. The molecule has 0 unspecified atom stereocenters. The number of rotatable bonds is 6. The van der Waals surface area contributed by atoms with E-state index in [1.54, 1.807) is 18.2 Å². The third-order valence-corrected chi connectivity index (χ3v) is 4.07. The van der Waals surface area contributed by atoms with Crippen molar-refractivity contribution in [1.82, 2.24) is 5.43 Å². The standard InChI is InChI=1S/C16H15ClN2O3S/c17-13-5-1-3-11(7-13)9-23-10-15(21)19-18-8-12-4-2-6-14(20)16(12)22/h1-8,20,22H,9-10H2,(H,19,21)/b18-8+. The van der Waals surface area contributed by atoms with Crippen LogP contribution in [0.3, 0.4) is 0 Å². The minimum atomic E-state index is -0.277. The number of halogens is 1. The molecule has 1 amide bonds. The first-order valence-corrected chi connectivity index (χ1v) is 8.24. The SMILES string of the molecule is O=C(CSCc1cccc(Cl)c1)N/N=C/c1cccc(O)c1O. The van der Waals surface area contributed by atoms with Crippen LogP contribution in [0.25, 0.3) is 0 Å². The number of hydrogen-bond acceptors (Lipinski definition) is 5. The van der Waals surface area contributed by atoms with Gasteiger partial charge in [0.1, 0.15) is 0 Å². The molecule has 0 aliphatic heterocycles. The number of carbonyl (C=O) groups excluding carboxylic acids is 1. The maximum atomic E-state index is 11.7. The Morgan fingerprint density at radius 2 is 2.04 bits per heavy atom. The van der Waals surface area contributed by atoms with Gasteiger partial charge in [0.05, 0.1) is 12.0 Å². The van der Waals surface area contributed by atoms with Gasteiger partial charge in [-0.2, -0.15) is 5.10 Å². The number of hydrogen-bond donors (Lipinski definition) is 3. The van der Waals surface area contributed by atoms with E-state index in [0.717, 1.165) is 5.56 Å². The summed E-state index contributed by atoms with van der Waals surface area (Å²) in [7, 11) is 0. The molecule has 0 spiro atoms. The van der Waals surface area contributed by atoms with Crippen molar-refractivity contribution in [2.45, 2.75) is 5.75 Å². The molecule has 0 aliphatic rings. The number of nitrogens with zero attached hydrogens (tertiary/aromatic N) is 1. The summed E-state index contributed by atoms with van der Waals surface area (Å²) in [5.41, 5.74) is 3.73. The van der Waals surface area contributed by atoms with Gasteiger partial charge in [0.2, 0.25) is 5.91 Å². The topological polar surface area (TPSA) is 81.9 Å². The van der Waals surface area contributed by atoms with E-state index in [1.807, 2.05) is 18.2 Å². The lowest BCUT2D eigenvalue weighted by Crippen LogP contribution is -2.19. The van der Waals surface area contributed by atoms with E-state index in [1.165, 1.54) is 24.0 Å². The Balaban J connectivity index is 1.77. The number of benzene rings is 2. The van der Waals surface area contributed by atoms with Crippen LogP contribution in [0.1, 0.15) is 11.1 Å². The Kier molecular flexibility index (Phi) is 6.31. The maximum absolute atomic E-state index is 11.7. The van der Waals surface area contributed by atoms with Gasteiger partial charge in [0.15, 0.2) is 11.5 Å². The molecule has 0 saturated heterocycles. The van der Waals surface area contributed by atoms with Crippen LogP contribution in [0.15, 0.2) is 47.6 Å². The lowest BCUT2D eigenvalue weighted by atomic mass is 10.2. The number of thioether (sulfide) groups is 1. The molecule has 0 aliphatic carbocycles. The Morgan fingerprint density at radius 1 is 1.26 bits per heavy atom. The van der Waals surface area contributed by atoms with Gasteiger partial charge in [-0.05, 0) is 29.8 Å². The zero-order chi connectivity index (χ0) is 16.7. The van der Waals surface area contributed by atoms with E-state index in [4.69, 9.17) is 11.6 Å². The second-order valence-electron chi connectivity index (χ2n) is 4.63. The molecular formula is C16H15ClN2O3S. The van der Waals surface area contributed by atoms with Crippen molar-refractivity contribution in [2.75, 3.05) is 5.75 Å². The van der Waals surface area contributed by atoms with Gasteiger partial charge in [-0.15, -0.1) is 11.8 Å². The highest BCUT2D eigenvalue weighted by Gasteiger charge is 2.04. The van der Waals surface area contributed by atoms with Crippen molar-refractivity contribution in [1.29, 1.82) is 0 Å². The monoisotopic (exact) mass is 350 g/mol. The Labute approximate surface area is 143 Å². The minimum Gasteiger partial charge on any atom is -0.504 e. The molecule has 0 fully saturated rings. The lowest BCUT2D eigenvalue weighted by Gasteiger charge is -2.03. The Bertz CT molecular complexity index is 722. The van der Waals surface area contributed by atoms with Gasteiger partial charge in [-0.25, -0.2) is 5.43 Å². The highest BCUT2D eigenvalue weighted by molar-refractivity contribution is 7.99. The fourth-order valence-electron chi connectivity index (χ4n) is 1.75. The zero-order valence-electron chi connectivity index (χ0n) is 12.1. The van der Waals surface area contributed by atoms with Gasteiger partial charge in [0, 0.05) is 16.3 Å². The van der Waals surface area contributed by atoms with E-state index in [2.05, 4.69) is 10.5 Å². The molecule has 3 N–H and O–H groups in total. The molecule has 2 aromatic rings. The van der Waals surface area contributed by atoms with E-state index < -0.39 is 0 Å². The summed E-state index contributed by atoms with van der Waals surface area (Å²) in [6.45, 7) is 0. The molecule has 0 aromatic heterocycles. The van der Waals surface area contributed by atoms with Crippen LogP contribution in [0.5, 0.6) is 11.5 Å². The molecule has 0 saturated carbocycles. The number of hydrazone groups is 1. The molecule has 23 heavy (non-hydrogen) atoms. The minimum absolute atomic E-state index is 0.239. The van der Waals surface area contributed by atoms with Crippen molar-refractivity contribution in [2.24, 2.45) is 5.10 Å². The van der Waals surface area contributed by atoms with E-state index in [-0.39, 0.29) is 23.2 Å². The summed E-state index contributed by atoms with van der Waals surface area (Å²) in [5, 5.41) is 23.3. The highest BCUT2D eigenvalue weighted by Crippen LogP contribution is 2.26. The molecule has 0 radical (unpaired) electrons. The molecule has 120 valence electrons. The highest BCUT2D eigenvalue weighted by atomic mass is 35.5. The summed E-state index contributed by atoms with van der Waals surface area (Å²) in [4.78, 5) is 11.7. The van der Waals surface area contributed by atoms with Crippen molar-refractivity contribution in [3.8, 4) is 11.5 Å². The van der Waals surface area contributed by atoms with Crippen LogP contribution in [0, 0.1) is 0 Å². The first-order valence-electron chi connectivity index (χ1n) is 6.71. The second-order valence-corrected chi connectivity index (χ2v) is 6.05. The van der Waals surface area contributed by atoms with E-state index in [9.17, 15) is 15.0 Å². The number of phenolic OH excluding ortho intramolecular Hbond substituents is 2. The number of aromatic hydroxyl groups is 2. The third kappa shape index (κ3) is 5.50. The molecule has 5 nitrogen and oxygen atoms in total. The van der Waals surface area contributed by atoms with Crippen molar-refractivity contribution in [3.63, 3.8) is 0 Å². The molecule has 2 rings (SSSR count). The molecule has 7 heteroatoms. The third-order valence-electron chi connectivity index (χ3n) is 2.83. The van der Waals surface area contributed by atoms with Crippen LogP contribution in [-0.2, 0) is 10.5 Å². The van der Waals surface area contributed by atoms with Crippen molar-refractivity contribution >= 4 is 35.5 Å². The Morgan fingerprint density at radius 3 is 2.83 bits per heavy atom. The second kappa shape index (κ2) is 8.45. The summed E-state index contributed by atoms with van der Waals surface area (Å²) >= 11 is 7.33. The summed E-state index contributed by atoms with van der Waals surface area (Å²) in [6, 6.07) is 12.0. The molecule has 0 atom stereocenters. The van der Waals surface area contributed by atoms with Crippen molar-refractivity contribution in [3.05, 3.63) is 58.6 Å². The fourth-order valence-corrected chi connectivity index (χ4v) is 2.73. The average molecular weight is 351 g/mol. The van der Waals surface area contributed by atoms with Crippen LogP contribution in [0.4, 0.5) is 0 Å². The largest absolute Gasteiger partial charge is 0.504 e. The number of phenols is 2. The van der Waals surface area contributed by atoms with E-state index >= 15 is 0 Å². The normalized spacial score (nSPS) is 10.8. The van der Waals surface area contributed by atoms with Crippen LogP contribution >= 0.6 is 23.4 Å². The predicted octanol–water partition coefficient (Wildman–Crippen LogP) is 3.13. The summed E-state index contributed by atoms with van der Waals surface area (Å²) in [6.07, 6.45) is 1.27. The zero-order valence-corrected chi connectivity index (χ0v) is 13.6. The Hall–Kier alpha value is -2.18. The number of carbonyl (C=O) groups is 1.